The zero-order valence-electron chi connectivity index (χ0n) is 20.1. The maximum absolute atomic E-state index is 14.4. The minimum Gasteiger partial charge on any atom is -0.466 e. The molecule has 0 radical (unpaired) electrons. The van der Waals surface area contributed by atoms with Crippen LogP contribution in [-0.4, -0.2) is 65.4 Å². The van der Waals surface area contributed by atoms with Crippen LogP contribution in [0.5, 0.6) is 0 Å². The summed E-state index contributed by atoms with van der Waals surface area (Å²) in [5.41, 5.74) is 1.67. The van der Waals surface area contributed by atoms with Crippen LogP contribution in [0, 0.1) is 11.7 Å². The van der Waals surface area contributed by atoms with Crippen LogP contribution >= 0.6 is 0 Å². The molecule has 1 aliphatic heterocycles. The highest BCUT2D eigenvalue weighted by molar-refractivity contribution is 6.00. The molecule has 0 bridgehead atoms. The molecule has 7 nitrogen and oxygen atoms in total. The lowest BCUT2D eigenvalue weighted by molar-refractivity contribution is -0.151. The zero-order valence-corrected chi connectivity index (χ0v) is 20.1. The molecule has 1 unspecified atom stereocenters. The summed E-state index contributed by atoms with van der Waals surface area (Å²) in [4.78, 5) is 41.6. The number of likely N-dealkylation sites (tertiary alicyclic amines) is 1. The highest BCUT2D eigenvalue weighted by atomic mass is 19.1. The number of benzene rings is 2. The summed E-state index contributed by atoms with van der Waals surface area (Å²) < 4.78 is 21.3. The van der Waals surface area contributed by atoms with E-state index in [-0.39, 0.29) is 42.6 Å². The van der Waals surface area contributed by atoms with E-state index in [0.717, 1.165) is 10.9 Å². The number of carbonyl (C=O) groups excluding carboxylic acids is 3. The first-order valence-electron chi connectivity index (χ1n) is 11.9. The number of rotatable bonds is 7. The largest absolute Gasteiger partial charge is 0.466 e. The summed E-state index contributed by atoms with van der Waals surface area (Å²) in [6.45, 7) is 2.99. The van der Waals surface area contributed by atoms with Crippen LogP contribution in [0.2, 0.25) is 0 Å². The van der Waals surface area contributed by atoms with E-state index in [1.807, 2.05) is 24.3 Å². The van der Waals surface area contributed by atoms with Gasteiger partial charge in [0.05, 0.1) is 25.6 Å². The van der Waals surface area contributed by atoms with Gasteiger partial charge in [0.15, 0.2) is 0 Å². The number of nitrogens with zero attached hydrogens (tertiary/aromatic N) is 3. The average Bonchev–Trinajstić information content (AvgIpc) is 3.23. The first kappa shape index (κ1) is 24.4. The highest BCUT2D eigenvalue weighted by Crippen LogP contribution is 2.24. The number of halogens is 1. The van der Waals surface area contributed by atoms with Gasteiger partial charge < -0.3 is 19.1 Å². The van der Waals surface area contributed by atoms with Gasteiger partial charge in [-0.2, -0.15) is 0 Å². The molecule has 1 aromatic heterocycles. The standard InChI is InChI=1S/C27H30FN3O4/c1-3-35-27(34)21-11-8-14-30(16-21)25(32)18-29(2)26(33)24-15-19-9-5-7-13-23(19)31(24)17-20-10-4-6-12-22(20)28/h4-7,9-10,12-13,15,21H,3,8,11,14,16-18H2,1-2H3. The van der Waals surface area contributed by atoms with Gasteiger partial charge in [-0.1, -0.05) is 36.4 Å². The van der Waals surface area contributed by atoms with Gasteiger partial charge >= 0.3 is 5.97 Å². The third kappa shape index (κ3) is 5.37. The Labute approximate surface area is 204 Å². The SMILES string of the molecule is CCOC(=O)C1CCCN(C(=O)CN(C)C(=O)c2cc3ccccc3n2Cc2ccccc2F)C1. The Bertz CT molecular complexity index is 1240. The smallest absolute Gasteiger partial charge is 0.310 e. The number of carbonyl (C=O) groups is 3. The van der Waals surface area contributed by atoms with E-state index < -0.39 is 0 Å². The molecule has 1 atom stereocenters. The Morgan fingerprint density at radius 2 is 1.86 bits per heavy atom. The summed E-state index contributed by atoms with van der Waals surface area (Å²) in [5.74, 6) is -1.51. The number of ether oxygens (including phenoxy) is 1. The number of hydrogen-bond acceptors (Lipinski definition) is 4. The fraction of sp³-hybridized carbons (Fsp3) is 0.370. The molecule has 2 amide bonds. The first-order valence-corrected chi connectivity index (χ1v) is 11.9. The molecule has 35 heavy (non-hydrogen) atoms. The lowest BCUT2D eigenvalue weighted by Gasteiger charge is -2.32. The van der Waals surface area contributed by atoms with Crippen molar-refractivity contribution in [2.75, 3.05) is 33.3 Å². The van der Waals surface area contributed by atoms with Crippen LogP contribution < -0.4 is 0 Å². The van der Waals surface area contributed by atoms with Crippen LogP contribution in [0.3, 0.4) is 0 Å². The van der Waals surface area contributed by atoms with Crippen molar-refractivity contribution < 1.29 is 23.5 Å². The molecule has 1 fully saturated rings. The van der Waals surface area contributed by atoms with Crippen LogP contribution in [0.4, 0.5) is 4.39 Å². The van der Waals surface area contributed by atoms with Gasteiger partial charge in [-0.15, -0.1) is 0 Å². The molecular weight excluding hydrogens is 449 g/mol. The Hall–Kier alpha value is -3.68. The minimum absolute atomic E-state index is 0.115. The summed E-state index contributed by atoms with van der Waals surface area (Å²) in [6.07, 6.45) is 1.40. The quantitative estimate of drug-likeness (QED) is 0.485. The van der Waals surface area contributed by atoms with Gasteiger partial charge in [0, 0.05) is 36.6 Å². The summed E-state index contributed by atoms with van der Waals surface area (Å²) >= 11 is 0. The lowest BCUT2D eigenvalue weighted by Crippen LogP contribution is -2.47. The summed E-state index contributed by atoms with van der Waals surface area (Å²) in [7, 11) is 1.58. The molecule has 1 saturated heterocycles. The van der Waals surface area contributed by atoms with Crippen LogP contribution in [-0.2, 0) is 20.9 Å². The first-order chi connectivity index (χ1) is 16.9. The van der Waals surface area contributed by atoms with E-state index in [1.54, 1.807) is 47.7 Å². The van der Waals surface area contributed by atoms with Crippen molar-refractivity contribution in [2.45, 2.75) is 26.3 Å². The maximum atomic E-state index is 14.4. The molecule has 2 aromatic carbocycles. The second kappa shape index (κ2) is 10.7. The molecule has 8 heteroatoms. The van der Waals surface area contributed by atoms with E-state index >= 15 is 0 Å². The lowest BCUT2D eigenvalue weighted by atomic mass is 9.98. The normalized spacial score (nSPS) is 15.7. The molecular formula is C27H30FN3O4. The second-order valence-corrected chi connectivity index (χ2v) is 8.86. The van der Waals surface area contributed by atoms with Gasteiger partial charge in [0.1, 0.15) is 11.5 Å². The third-order valence-corrected chi connectivity index (χ3v) is 6.43. The van der Waals surface area contributed by atoms with Crippen molar-refractivity contribution >= 4 is 28.7 Å². The average molecular weight is 480 g/mol. The summed E-state index contributed by atoms with van der Waals surface area (Å²) in [6, 6.07) is 15.8. The number of amides is 2. The van der Waals surface area contributed by atoms with E-state index in [9.17, 15) is 18.8 Å². The van der Waals surface area contributed by atoms with Crippen molar-refractivity contribution in [3.05, 3.63) is 71.7 Å². The van der Waals surface area contributed by atoms with Crippen LogP contribution in [0.15, 0.2) is 54.6 Å². The number of piperidine rings is 1. The molecule has 0 spiro atoms. The van der Waals surface area contributed by atoms with Gasteiger partial charge in [0.25, 0.3) is 5.91 Å². The predicted octanol–water partition coefficient (Wildman–Crippen LogP) is 3.70. The summed E-state index contributed by atoms with van der Waals surface area (Å²) in [5, 5.41) is 0.861. The monoisotopic (exact) mass is 479 g/mol. The Kier molecular flexibility index (Phi) is 7.48. The fourth-order valence-corrected chi connectivity index (χ4v) is 4.58. The minimum atomic E-state index is -0.339. The predicted molar refractivity (Wildman–Crippen MR) is 130 cm³/mol. The van der Waals surface area contributed by atoms with Gasteiger partial charge in [0.2, 0.25) is 5.91 Å². The number of hydrogen-bond donors (Lipinski definition) is 0. The van der Waals surface area contributed by atoms with Crippen molar-refractivity contribution in [1.29, 1.82) is 0 Å². The molecule has 0 N–H and O–H groups in total. The van der Waals surface area contributed by atoms with Crippen molar-refractivity contribution in [2.24, 2.45) is 5.92 Å². The molecule has 4 rings (SSSR count). The maximum Gasteiger partial charge on any atom is 0.310 e. The molecule has 0 aliphatic carbocycles. The van der Waals surface area contributed by atoms with E-state index in [0.29, 0.717) is 43.8 Å². The molecule has 1 aliphatic rings. The van der Waals surface area contributed by atoms with Gasteiger partial charge in [-0.25, -0.2) is 4.39 Å². The Morgan fingerprint density at radius 3 is 2.63 bits per heavy atom. The fourth-order valence-electron chi connectivity index (χ4n) is 4.58. The topological polar surface area (TPSA) is 71.8 Å². The van der Waals surface area contributed by atoms with E-state index in [1.165, 1.54) is 11.0 Å². The molecule has 0 saturated carbocycles. The number of aromatic nitrogens is 1. The highest BCUT2D eigenvalue weighted by Gasteiger charge is 2.30. The van der Waals surface area contributed by atoms with E-state index in [4.69, 9.17) is 4.74 Å². The molecule has 3 aromatic rings. The van der Waals surface area contributed by atoms with Crippen LogP contribution in [0.25, 0.3) is 10.9 Å². The third-order valence-electron chi connectivity index (χ3n) is 6.43. The number of para-hydroxylation sites is 1. The number of likely N-dealkylation sites (N-methyl/N-ethyl adjacent to an activating group) is 1. The van der Waals surface area contributed by atoms with Gasteiger partial charge in [-0.05, 0) is 38.0 Å². The Morgan fingerprint density at radius 1 is 1.11 bits per heavy atom. The molecule has 2 heterocycles. The zero-order chi connectivity index (χ0) is 24.9. The van der Waals surface area contributed by atoms with E-state index in [2.05, 4.69) is 0 Å². The second-order valence-electron chi connectivity index (χ2n) is 8.86. The van der Waals surface area contributed by atoms with Gasteiger partial charge in [-0.3, -0.25) is 14.4 Å². The van der Waals surface area contributed by atoms with Crippen molar-refractivity contribution in [1.82, 2.24) is 14.4 Å². The van der Waals surface area contributed by atoms with Crippen molar-refractivity contribution in [3.8, 4) is 0 Å². The molecule has 184 valence electrons. The van der Waals surface area contributed by atoms with Crippen LogP contribution in [0.1, 0.15) is 35.8 Å². The Balaban J connectivity index is 1.52. The van der Waals surface area contributed by atoms with Crippen molar-refractivity contribution in [3.63, 3.8) is 0 Å². The number of fused-ring (bicyclic) bond motifs is 1. The number of esters is 1.